The highest BCUT2D eigenvalue weighted by Gasteiger charge is 2.17. The van der Waals surface area contributed by atoms with E-state index in [1.54, 1.807) is 0 Å². The lowest BCUT2D eigenvalue weighted by atomic mass is 9.95. The smallest absolute Gasteiger partial charge is 0.227 e. The van der Waals surface area contributed by atoms with Gasteiger partial charge in [0.15, 0.2) is 12.4 Å². The first-order valence-corrected chi connectivity index (χ1v) is 6.59. The highest BCUT2D eigenvalue weighted by molar-refractivity contribution is 5.83. The summed E-state index contributed by atoms with van der Waals surface area (Å²) in [5.74, 6) is 0.00597. The third-order valence-corrected chi connectivity index (χ3v) is 3.16. The minimum atomic E-state index is -0.0751. The molecule has 0 fully saturated rings. The predicted octanol–water partition coefficient (Wildman–Crippen LogP) is 2.31. The van der Waals surface area contributed by atoms with Gasteiger partial charge in [0.2, 0.25) is 5.91 Å². The molecule has 0 saturated heterocycles. The number of carbonyl (C=O) groups is 1. The second-order valence-corrected chi connectivity index (χ2v) is 4.50. The summed E-state index contributed by atoms with van der Waals surface area (Å²) in [5, 5.41) is 2.99. The molecule has 0 radical (unpaired) electrons. The summed E-state index contributed by atoms with van der Waals surface area (Å²) in [4.78, 5) is 15.2. The molecule has 0 aliphatic rings. The summed E-state index contributed by atoms with van der Waals surface area (Å²) >= 11 is 0. The van der Waals surface area contributed by atoms with E-state index in [2.05, 4.69) is 10.3 Å². The third-order valence-electron chi connectivity index (χ3n) is 3.16. The number of pyridine rings is 1. The van der Waals surface area contributed by atoms with Crippen LogP contribution in [0.3, 0.4) is 0 Å². The van der Waals surface area contributed by atoms with Gasteiger partial charge >= 0.3 is 0 Å². The van der Waals surface area contributed by atoms with Gasteiger partial charge in [-0.15, -0.1) is 0 Å². The van der Waals surface area contributed by atoms with E-state index >= 15 is 0 Å². The Morgan fingerprint density at radius 1 is 1.21 bits per heavy atom. The molecule has 3 nitrogen and oxygen atoms in total. The van der Waals surface area contributed by atoms with E-state index < -0.39 is 0 Å². The zero-order valence-corrected chi connectivity index (χ0v) is 11.1. The van der Waals surface area contributed by atoms with Gasteiger partial charge in [-0.25, -0.2) is 4.98 Å². The zero-order valence-electron chi connectivity index (χ0n) is 11.1. The van der Waals surface area contributed by atoms with Crippen LogP contribution >= 0.6 is 0 Å². The Balaban J connectivity index is 1.98. The van der Waals surface area contributed by atoms with Crippen LogP contribution in [-0.4, -0.2) is 5.91 Å². The first-order valence-electron chi connectivity index (χ1n) is 6.59. The minimum absolute atomic E-state index is 0.0751. The molecule has 1 aromatic heterocycles. The van der Waals surface area contributed by atoms with Crippen molar-refractivity contribution in [3.8, 4) is 0 Å². The van der Waals surface area contributed by atoms with Crippen molar-refractivity contribution in [2.75, 3.05) is 0 Å². The molecule has 2 rings (SSSR count). The third kappa shape index (κ3) is 3.65. The second-order valence-electron chi connectivity index (χ2n) is 4.50. The number of aromatic nitrogens is 1. The molecule has 0 saturated carbocycles. The average molecular weight is 255 g/mol. The average Bonchev–Trinajstić information content (AvgIpc) is 2.48. The van der Waals surface area contributed by atoms with Crippen LogP contribution in [0.1, 0.15) is 30.4 Å². The fraction of sp³-hybridized carbons (Fsp3) is 0.250. The molecule has 0 bridgehead atoms. The second kappa shape index (κ2) is 6.69. The number of hydrogen-bond acceptors (Lipinski definition) is 1. The Labute approximate surface area is 113 Å². The number of nitrogens with one attached hydrogen (secondary N) is 2. The topological polar surface area (TPSA) is 43.2 Å². The number of hydrogen-bond donors (Lipinski definition) is 1. The SMILES string of the molecule is CCC(C(=O)NCc1ccc[nH+]c1)c1ccccc1. The van der Waals surface area contributed by atoms with E-state index in [-0.39, 0.29) is 11.8 Å². The summed E-state index contributed by atoms with van der Waals surface area (Å²) < 4.78 is 0. The highest BCUT2D eigenvalue weighted by atomic mass is 16.1. The van der Waals surface area contributed by atoms with Gasteiger partial charge in [0.05, 0.1) is 5.92 Å². The molecule has 1 aromatic carbocycles. The van der Waals surface area contributed by atoms with Crippen LogP contribution in [-0.2, 0) is 11.3 Å². The molecular weight excluding hydrogens is 236 g/mol. The lowest BCUT2D eigenvalue weighted by molar-refractivity contribution is -0.378. The Hall–Kier alpha value is -2.16. The van der Waals surface area contributed by atoms with Crippen molar-refractivity contribution in [1.29, 1.82) is 0 Å². The molecule has 1 amide bonds. The normalized spacial score (nSPS) is 11.8. The van der Waals surface area contributed by atoms with E-state index in [1.807, 2.05) is 61.8 Å². The zero-order chi connectivity index (χ0) is 13.5. The van der Waals surface area contributed by atoms with E-state index in [1.165, 1.54) is 0 Å². The Bertz CT molecular complexity index is 511. The number of benzene rings is 1. The van der Waals surface area contributed by atoms with E-state index in [0.717, 1.165) is 17.5 Å². The van der Waals surface area contributed by atoms with Crippen molar-refractivity contribution in [3.63, 3.8) is 0 Å². The van der Waals surface area contributed by atoms with Crippen molar-refractivity contribution in [3.05, 3.63) is 66.0 Å². The molecule has 19 heavy (non-hydrogen) atoms. The molecular formula is C16H19N2O+. The summed E-state index contributed by atoms with van der Waals surface area (Å²) in [6, 6.07) is 13.8. The van der Waals surface area contributed by atoms with Crippen molar-refractivity contribution in [2.24, 2.45) is 0 Å². The predicted molar refractivity (Wildman–Crippen MR) is 74.3 cm³/mol. The van der Waals surface area contributed by atoms with Gasteiger partial charge in [-0.05, 0) is 18.1 Å². The molecule has 1 heterocycles. The fourth-order valence-electron chi connectivity index (χ4n) is 2.11. The lowest BCUT2D eigenvalue weighted by Crippen LogP contribution is -2.29. The van der Waals surface area contributed by atoms with E-state index in [0.29, 0.717) is 6.54 Å². The molecule has 0 aliphatic carbocycles. The summed E-state index contributed by atoms with van der Waals surface area (Å²) in [5.41, 5.74) is 2.14. The van der Waals surface area contributed by atoms with Crippen LogP contribution < -0.4 is 10.3 Å². The summed E-state index contributed by atoms with van der Waals surface area (Å²) in [6.07, 6.45) is 4.55. The molecule has 0 aliphatic heterocycles. The number of amides is 1. The highest BCUT2D eigenvalue weighted by Crippen LogP contribution is 2.19. The van der Waals surface area contributed by atoms with Crippen molar-refractivity contribution >= 4 is 5.91 Å². The summed E-state index contributed by atoms with van der Waals surface area (Å²) in [7, 11) is 0. The minimum Gasteiger partial charge on any atom is -0.351 e. The van der Waals surface area contributed by atoms with Crippen molar-refractivity contribution in [2.45, 2.75) is 25.8 Å². The number of aromatic amines is 1. The van der Waals surface area contributed by atoms with Crippen molar-refractivity contribution < 1.29 is 9.78 Å². The van der Waals surface area contributed by atoms with Crippen LogP contribution in [0.15, 0.2) is 54.9 Å². The Kier molecular flexibility index (Phi) is 4.67. The van der Waals surface area contributed by atoms with E-state index in [4.69, 9.17) is 0 Å². The van der Waals surface area contributed by atoms with Crippen LogP contribution in [0, 0.1) is 0 Å². The lowest BCUT2D eigenvalue weighted by Gasteiger charge is -2.15. The first kappa shape index (κ1) is 13.3. The molecule has 0 spiro atoms. The molecule has 1 atom stereocenters. The maximum atomic E-state index is 12.2. The van der Waals surface area contributed by atoms with Crippen LogP contribution in [0.4, 0.5) is 0 Å². The first-order chi connectivity index (χ1) is 9.31. The van der Waals surface area contributed by atoms with Crippen LogP contribution in [0.25, 0.3) is 0 Å². The number of rotatable bonds is 5. The molecule has 98 valence electrons. The van der Waals surface area contributed by atoms with Gasteiger partial charge < -0.3 is 5.32 Å². The summed E-state index contributed by atoms with van der Waals surface area (Å²) in [6.45, 7) is 2.59. The van der Waals surface area contributed by atoms with Gasteiger partial charge in [-0.2, -0.15) is 0 Å². The van der Waals surface area contributed by atoms with Gasteiger partial charge in [-0.1, -0.05) is 37.3 Å². The van der Waals surface area contributed by atoms with Gasteiger partial charge in [-0.3, -0.25) is 4.79 Å². The van der Waals surface area contributed by atoms with Gasteiger partial charge in [0.1, 0.15) is 0 Å². The maximum absolute atomic E-state index is 12.2. The quantitative estimate of drug-likeness (QED) is 0.875. The van der Waals surface area contributed by atoms with Gasteiger partial charge in [0, 0.05) is 18.2 Å². The Morgan fingerprint density at radius 3 is 2.63 bits per heavy atom. The van der Waals surface area contributed by atoms with Crippen LogP contribution in [0.5, 0.6) is 0 Å². The standard InChI is InChI=1S/C16H18N2O/c1-2-15(14-8-4-3-5-9-14)16(19)18-12-13-7-6-10-17-11-13/h3-11,15H,2,12H2,1H3,(H,18,19)/p+1. The largest absolute Gasteiger partial charge is 0.351 e. The van der Waals surface area contributed by atoms with Gasteiger partial charge in [0.25, 0.3) is 0 Å². The number of H-pyrrole nitrogens is 1. The number of carbonyl (C=O) groups excluding carboxylic acids is 1. The molecule has 3 heteroatoms. The fourth-order valence-corrected chi connectivity index (χ4v) is 2.11. The molecule has 1 unspecified atom stereocenters. The molecule has 2 aromatic rings. The molecule has 2 N–H and O–H groups in total. The monoisotopic (exact) mass is 255 g/mol. The van der Waals surface area contributed by atoms with Crippen LogP contribution in [0.2, 0.25) is 0 Å². The van der Waals surface area contributed by atoms with E-state index in [9.17, 15) is 4.79 Å². The Morgan fingerprint density at radius 2 is 2.00 bits per heavy atom. The maximum Gasteiger partial charge on any atom is 0.227 e. The van der Waals surface area contributed by atoms with Crippen molar-refractivity contribution in [1.82, 2.24) is 5.32 Å².